The molecule has 204 valence electrons. The van der Waals surface area contributed by atoms with Crippen LogP contribution in [0.4, 0.5) is 5.69 Å². The van der Waals surface area contributed by atoms with E-state index in [4.69, 9.17) is 30.5 Å². The number of anilines is 1. The molecule has 0 aromatic heterocycles. The first-order chi connectivity index (χ1) is 18.1. The second-order valence-electron chi connectivity index (χ2n) is 8.43. The maximum absolute atomic E-state index is 13.7. The molecule has 38 heavy (non-hydrogen) atoms. The third-order valence-corrected chi connectivity index (χ3v) is 7.45. The van der Waals surface area contributed by atoms with Crippen molar-refractivity contribution in [1.82, 2.24) is 5.32 Å². The minimum atomic E-state index is -4.17. The second-order valence-corrected chi connectivity index (χ2v) is 10.7. The van der Waals surface area contributed by atoms with E-state index in [2.05, 4.69) is 5.32 Å². The Kier molecular flexibility index (Phi) is 9.71. The van der Waals surface area contributed by atoms with Crippen molar-refractivity contribution in [2.24, 2.45) is 0 Å². The predicted molar refractivity (Wildman–Crippen MR) is 146 cm³/mol. The molecule has 0 heterocycles. The van der Waals surface area contributed by atoms with E-state index in [1.807, 2.05) is 13.8 Å². The first-order valence-corrected chi connectivity index (χ1v) is 13.5. The molecule has 1 N–H and O–H groups in total. The maximum atomic E-state index is 13.7. The number of hydrogen-bond acceptors (Lipinski definition) is 7. The number of halogens is 1. The molecule has 0 saturated heterocycles. The normalized spacial score (nSPS) is 11.1. The van der Waals surface area contributed by atoms with E-state index in [0.29, 0.717) is 22.3 Å². The summed E-state index contributed by atoms with van der Waals surface area (Å²) in [5.41, 5.74) is 1.03. The van der Waals surface area contributed by atoms with Crippen LogP contribution in [-0.4, -0.2) is 48.3 Å². The van der Waals surface area contributed by atoms with Crippen molar-refractivity contribution < 1.29 is 32.2 Å². The maximum Gasteiger partial charge on any atom is 0.264 e. The number of nitrogens with zero attached hydrogens (tertiary/aromatic N) is 1. The van der Waals surface area contributed by atoms with Crippen molar-refractivity contribution in [3.05, 3.63) is 71.2 Å². The Morgan fingerprint density at radius 1 is 0.868 bits per heavy atom. The van der Waals surface area contributed by atoms with Gasteiger partial charge in [0, 0.05) is 17.6 Å². The van der Waals surface area contributed by atoms with Crippen LogP contribution in [0.2, 0.25) is 5.02 Å². The summed E-state index contributed by atoms with van der Waals surface area (Å²) in [6.07, 6.45) is -0.0269. The van der Waals surface area contributed by atoms with E-state index >= 15 is 0 Å². The molecular formula is C27H31ClN2O7S. The highest BCUT2D eigenvalue weighted by atomic mass is 35.5. The van der Waals surface area contributed by atoms with Crippen molar-refractivity contribution >= 4 is 33.2 Å². The highest BCUT2D eigenvalue weighted by Crippen LogP contribution is 2.33. The lowest BCUT2D eigenvalue weighted by atomic mass is 10.2. The smallest absolute Gasteiger partial charge is 0.264 e. The van der Waals surface area contributed by atoms with Gasteiger partial charge < -0.3 is 24.3 Å². The van der Waals surface area contributed by atoms with E-state index in [0.717, 1.165) is 9.87 Å². The van der Waals surface area contributed by atoms with Gasteiger partial charge in [-0.15, -0.1) is 0 Å². The fourth-order valence-corrected chi connectivity index (χ4v) is 5.15. The van der Waals surface area contributed by atoms with Crippen LogP contribution in [0.15, 0.2) is 65.6 Å². The van der Waals surface area contributed by atoms with E-state index in [1.165, 1.54) is 51.7 Å². The number of carbonyl (C=O) groups excluding carboxylic acids is 1. The zero-order valence-corrected chi connectivity index (χ0v) is 23.4. The number of hydrogen-bond donors (Lipinski definition) is 1. The van der Waals surface area contributed by atoms with Gasteiger partial charge in [-0.3, -0.25) is 9.10 Å². The highest BCUT2D eigenvalue weighted by molar-refractivity contribution is 7.92. The molecule has 0 aliphatic rings. The van der Waals surface area contributed by atoms with Crippen LogP contribution in [0.25, 0.3) is 0 Å². The highest BCUT2D eigenvalue weighted by Gasteiger charge is 2.28. The van der Waals surface area contributed by atoms with Crippen molar-refractivity contribution in [1.29, 1.82) is 0 Å². The van der Waals surface area contributed by atoms with Crippen LogP contribution >= 0.6 is 11.6 Å². The minimum absolute atomic E-state index is 0.0269. The van der Waals surface area contributed by atoms with Crippen molar-refractivity contribution in [2.75, 3.05) is 32.2 Å². The standard InChI is InChI=1S/C27H31ClN2O7S/c1-18(2)37-24-12-6-19(14-25(24)35-4)16-29-27(31)17-30(21-9-7-20(28)8-10-21)38(32,33)22-11-13-23(34-3)26(15-22)36-5/h6-15,18H,16-17H2,1-5H3,(H,29,31). The number of nitrogens with one attached hydrogen (secondary N) is 1. The number of rotatable bonds is 12. The van der Waals surface area contributed by atoms with Gasteiger partial charge in [0.15, 0.2) is 23.0 Å². The van der Waals surface area contributed by atoms with E-state index in [1.54, 1.807) is 30.3 Å². The van der Waals surface area contributed by atoms with Gasteiger partial charge in [-0.1, -0.05) is 17.7 Å². The van der Waals surface area contributed by atoms with Gasteiger partial charge in [-0.25, -0.2) is 8.42 Å². The molecule has 3 aromatic rings. The molecule has 1 amide bonds. The van der Waals surface area contributed by atoms with Crippen molar-refractivity contribution in [2.45, 2.75) is 31.4 Å². The number of benzene rings is 3. The van der Waals surface area contributed by atoms with Gasteiger partial charge in [0.05, 0.1) is 38.0 Å². The van der Waals surface area contributed by atoms with Crippen LogP contribution in [0.1, 0.15) is 19.4 Å². The second kappa shape index (κ2) is 12.7. The van der Waals surface area contributed by atoms with E-state index in [9.17, 15) is 13.2 Å². The molecule has 0 radical (unpaired) electrons. The van der Waals surface area contributed by atoms with Crippen LogP contribution in [0.3, 0.4) is 0 Å². The monoisotopic (exact) mass is 562 g/mol. The predicted octanol–water partition coefficient (Wildman–Crippen LogP) is 4.66. The molecule has 0 spiro atoms. The quantitative estimate of drug-likeness (QED) is 0.342. The van der Waals surface area contributed by atoms with Gasteiger partial charge in [-0.05, 0) is 67.9 Å². The fraction of sp³-hybridized carbons (Fsp3) is 0.296. The summed E-state index contributed by atoms with van der Waals surface area (Å²) in [6, 6.07) is 15.7. The van der Waals surface area contributed by atoms with Gasteiger partial charge in [0.25, 0.3) is 10.0 Å². The first-order valence-electron chi connectivity index (χ1n) is 11.7. The summed E-state index contributed by atoms with van der Waals surface area (Å²) < 4.78 is 50.0. The molecule has 0 atom stereocenters. The Labute approximate surface area is 228 Å². The summed E-state index contributed by atoms with van der Waals surface area (Å²) in [6.45, 7) is 3.51. The number of amides is 1. The average Bonchev–Trinajstić information content (AvgIpc) is 2.90. The number of methoxy groups -OCH3 is 3. The Balaban J connectivity index is 1.85. The molecular weight excluding hydrogens is 532 g/mol. The molecule has 0 fully saturated rings. The molecule has 0 aliphatic carbocycles. The average molecular weight is 563 g/mol. The zero-order chi connectivity index (χ0) is 27.9. The van der Waals surface area contributed by atoms with Gasteiger partial charge in [0.1, 0.15) is 6.54 Å². The molecule has 3 aromatic carbocycles. The van der Waals surface area contributed by atoms with Gasteiger partial charge >= 0.3 is 0 Å². The van der Waals surface area contributed by atoms with Crippen LogP contribution in [-0.2, 0) is 21.4 Å². The van der Waals surface area contributed by atoms with Crippen LogP contribution < -0.4 is 28.6 Å². The summed E-state index contributed by atoms with van der Waals surface area (Å²) in [5, 5.41) is 3.21. The van der Waals surface area contributed by atoms with Crippen LogP contribution in [0, 0.1) is 0 Å². The van der Waals surface area contributed by atoms with Crippen molar-refractivity contribution in [3.63, 3.8) is 0 Å². The Morgan fingerprint density at radius 3 is 2.08 bits per heavy atom. The number of sulfonamides is 1. The third-order valence-electron chi connectivity index (χ3n) is 5.43. The molecule has 0 bridgehead atoms. The van der Waals surface area contributed by atoms with E-state index < -0.39 is 22.5 Å². The fourth-order valence-electron chi connectivity index (χ4n) is 3.59. The molecule has 0 saturated carbocycles. The third kappa shape index (κ3) is 7.02. The lowest BCUT2D eigenvalue weighted by Crippen LogP contribution is -2.40. The molecule has 0 unspecified atom stereocenters. The van der Waals surface area contributed by atoms with E-state index in [-0.39, 0.29) is 29.0 Å². The minimum Gasteiger partial charge on any atom is -0.493 e. The van der Waals surface area contributed by atoms with Gasteiger partial charge in [0.2, 0.25) is 5.91 Å². The summed E-state index contributed by atoms with van der Waals surface area (Å²) in [4.78, 5) is 12.9. The van der Waals surface area contributed by atoms with Gasteiger partial charge in [-0.2, -0.15) is 0 Å². The number of ether oxygens (including phenoxy) is 4. The lowest BCUT2D eigenvalue weighted by molar-refractivity contribution is -0.119. The zero-order valence-electron chi connectivity index (χ0n) is 21.9. The molecule has 3 rings (SSSR count). The van der Waals surface area contributed by atoms with Crippen molar-refractivity contribution in [3.8, 4) is 23.0 Å². The summed E-state index contributed by atoms with van der Waals surface area (Å²) in [5.74, 6) is 1.23. The largest absolute Gasteiger partial charge is 0.493 e. The Morgan fingerprint density at radius 2 is 1.47 bits per heavy atom. The van der Waals surface area contributed by atoms with Crippen LogP contribution in [0.5, 0.6) is 23.0 Å². The topological polar surface area (TPSA) is 103 Å². The molecule has 11 heteroatoms. The number of carbonyl (C=O) groups is 1. The Hall–Kier alpha value is -3.63. The SMILES string of the molecule is COc1ccc(S(=O)(=O)N(CC(=O)NCc2ccc(OC(C)C)c(OC)c2)c2ccc(Cl)cc2)cc1OC. The summed E-state index contributed by atoms with van der Waals surface area (Å²) in [7, 11) is 0.230. The molecule has 0 aliphatic heterocycles. The Bertz CT molecular complexity index is 1360. The lowest BCUT2D eigenvalue weighted by Gasteiger charge is -2.24. The molecule has 9 nitrogen and oxygen atoms in total. The summed E-state index contributed by atoms with van der Waals surface area (Å²) >= 11 is 6.01. The first kappa shape index (κ1) is 28.9.